The molecular weight excluding hydrogens is 188 g/mol. The van der Waals surface area contributed by atoms with Crippen LogP contribution in [-0.2, 0) is 15.5 Å². The Labute approximate surface area is 82.9 Å². The fourth-order valence-electron chi connectivity index (χ4n) is 0.905. The molecule has 0 aliphatic carbocycles. The predicted octanol–water partition coefficient (Wildman–Crippen LogP) is 0.933. The van der Waals surface area contributed by atoms with Crippen LogP contribution in [0.3, 0.4) is 0 Å². The van der Waals surface area contributed by atoms with Crippen LogP contribution in [0.15, 0.2) is 0 Å². The summed E-state index contributed by atoms with van der Waals surface area (Å²) in [7, 11) is -0.883. The summed E-state index contributed by atoms with van der Waals surface area (Å²) in [5, 5.41) is 9.33. The maximum atomic E-state index is 11.3. The second-order valence-corrected chi connectivity index (χ2v) is 4.60. The molecule has 0 heterocycles. The number of hydrogen-bond donors (Lipinski definition) is 1. The minimum absolute atomic E-state index is 0.300. The molecule has 0 saturated heterocycles. The van der Waals surface area contributed by atoms with Gasteiger partial charge in [0.1, 0.15) is 0 Å². The Balaban J connectivity index is 3.41. The lowest BCUT2D eigenvalue weighted by molar-refractivity contribution is 0.0547. The van der Waals surface area contributed by atoms with Gasteiger partial charge in [0.15, 0.2) is 0 Å². The van der Waals surface area contributed by atoms with Crippen molar-refractivity contribution < 1.29 is 14.1 Å². The molecule has 0 fully saturated rings. The highest BCUT2D eigenvalue weighted by atomic mass is 32.2. The van der Waals surface area contributed by atoms with Gasteiger partial charge in [-0.2, -0.15) is 0 Å². The van der Waals surface area contributed by atoms with E-state index in [1.54, 1.807) is 0 Å². The molecule has 0 amide bonds. The zero-order valence-electron chi connectivity index (χ0n) is 8.49. The molecule has 1 N–H and O–H groups in total. The second kappa shape index (κ2) is 8.66. The number of unbranched alkanes of at least 4 members (excludes halogenated alkanes) is 1. The summed E-state index contributed by atoms with van der Waals surface area (Å²) >= 11 is 0. The average Bonchev–Trinajstić information content (AvgIpc) is 2.11. The van der Waals surface area contributed by atoms with E-state index in [4.69, 9.17) is 4.74 Å². The Bertz CT molecular complexity index is 139. The Morgan fingerprint density at radius 2 is 2.15 bits per heavy atom. The van der Waals surface area contributed by atoms with Crippen LogP contribution in [0.25, 0.3) is 0 Å². The van der Waals surface area contributed by atoms with Crippen molar-refractivity contribution in [3.8, 4) is 0 Å². The Kier molecular flexibility index (Phi) is 8.71. The van der Waals surface area contributed by atoms with Gasteiger partial charge in [0.05, 0.1) is 18.5 Å². The first kappa shape index (κ1) is 13.1. The van der Waals surface area contributed by atoms with Crippen molar-refractivity contribution in [3.05, 3.63) is 0 Å². The van der Waals surface area contributed by atoms with Gasteiger partial charge in [0, 0.05) is 23.2 Å². The second-order valence-electron chi connectivity index (χ2n) is 2.98. The Hall–Kier alpha value is 0.0700. The molecule has 0 radical (unpaired) electrons. The molecule has 4 heteroatoms. The minimum Gasteiger partial charge on any atom is -0.390 e. The predicted molar refractivity (Wildman–Crippen MR) is 55.3 cm³/mol. The molecule has 3 nitrogen and oxygen atoms in total. The highest BCUT2D eigenvalue weighted by Gasteiger charge is 2.08. The summed E-state index contributed by atoms with van der Waals surface area (Å²) in [6, 6.07) is 0. The van der Waals surface area contributed by atoms with E-state index in [0.717, 1.165) is 12.8 Å². The summed E-state index contributed by atoms with van der Waals surface area (Å²) in [4.78, 5) is 0. The molecule has 13 heavy (non-hydrogen) atoms. The molecule has 0 aromatic carbocycles. The van der Waals surface area contributed by atoms with Gasteiger partial charge < -0.3 is 9.84 Å². The lowest BCUT2D eigenvalue weighted by atomic mass is 10.4. The average molecular weight is 208 g/mol. The van der Waals surface area contributed by atoms with E-state index in [0.29, 0.717) is 24.7 Å². The summed E-state index contributed by atoms with van der Waals surface area (Å²) in [6.45, 7) is 4.83. The van der Waals surface area contributed by atoms with E-state index >= 15 is 0 Å². The summed E-state index contributed by atoms with van der Waals surface area (Å²) < 4.78 is 16.3. The van der Waals surface area contributed by atoms with E-state index in [1.165, 1.54) is 0 Å². The van der Waals surface area contributed by atoms with Gasteiger partial charge in [0.2, 0.25) is 0 Å². The van der Waals surface area contributed by atoms with Crippen LogP contribution in [0.4, 0.5) is 0 Å². The fourth-order valence-corrected chi connectivity index (χ4v) is 2.21. The lowest BCUT2D eigenvalue weighted by Gasteiger charge is -2.09. The van der Waals surface area contributed by atoms with Crippen molar-refractivity contribution in [2.45, 2.75) is 32.8 Å². The molecule has 0 aliphatic rings. The molecule has 80 valence electrons. The van der Waals surface area contributed by atoms with Gasteiger partial charge in [-0.05, 0) is 13.3 Å². The zero-order valence-corrected chi connectivity index (χ0v) is 9.31. The highest BCUT2D eigenvalue weighted by Crippen LogP contribution is 1.96. The zero-order chi connectivity index (χ0) is 10.1. The van der Waals surface area contributed by atoms with Crippen LogP contribution in [0.5, 0.6) is 0 Å². The van der Waals surface area contributed by atoms with E-state index in [9.17, 15) is 9.32 Å². The van der Waals surface area contributed by atoms with E-state index < -0.39 is 16.9 Å². The molecule has 0 bridgehead atoms. The van der Waals surface area contributed by atoms with Gasteiger partial charge in [-0.15, -0.1) is 0 Å². The van der Waals surface area contributed by atoms with E-state index in [-0.39, 0.29) is 0 Å². The summed E-state index contributed by atoms with van der Waals surface area (Å²) in [5.41, 5.74) is 0. The van der Waals surface area contributed by atoms with Crippen LogP contribution < -0.4 is 0 Å². The van der Waals surface area contributed by atoms with Crippen LogP contribution in [0, 0.1) is 0 Å². The highest BCUT2D eigenvalue weighted by molar-refractivity contribution is 7.85. The summed E-state index contributed by atoms with van der Waals surface area (Å²) in [6.07, 6.45) is 1.44. The van der Waals surface area contributed by atoms with Crippen molar-refractivity contribution >= 4 is 10.8 Å². The van der Waals surface area contributed by atoms with Crippen LogP contribution in [-0.4, -0.2) is 40.1 Å². The quantitative estimate of drug-likeness (QED) is 0.645. The molecule has 0 spiro atoms. The van der Waals surface area contributed by atoms with Gasteiger partial charge in [-0.1, -0.05) is 13.3 Å². The largest absolute Gasteiger partial charge is 0.390 e. The minimum atomic E-state index is -0.883. The molecule has 0 rings (SSSR count). The van der Waals surface area contributed by atoms with Gasteiger partial charge in [-0.25, -0.2) is 0 Å². The molecule has 0 unspecified atom stereocenters. The van der Waals surface area contributed by atoms with E-state index in [2.05, 4.69) is 6.92 Å². The molecule has 0 aliphatic heterocycles. The van der Waals surface area contributed by atoms with Crippen LogP contribution >= 0.6 is 0 Å². The molecule has 0 saturated carbocycles. The Morgan fingerprint density at radius 3 is 2.69 bits per heavy atom. The maximum absolute atomic E-state index is 11.3. The van der Waals surface area contributed by atoms with Crippen molar-refractivity contribution in [2.24, 2.45) is 0 Å². The number of hydrogen-bond acceptors (Lipinski definition) is 3. The first-order valence-electron chi connectivity index (χ1n) is 4.81. The third-order valence-corrected chi connectivity index (χ3v) is 3.12. The molecular formula is C9H20O3S. The molecule has 2 atom stereocenters. The van der Waals surface area contributed by atoms with Crippen molar-refractivity contribution in [3.63, 3.8) is 0 Å². The smallest absolute Gasteiger partial charge is 0.0888 e. The van der Waals surface area contributed by atoms with Gasteiger partial charge >= 0.3 is 0 Å². The van der Waals surface area contributed by atoms with Gasteiger partial charge in [-0.3, -0.25) is 4.21 Å². The molecule has 0 aromatic rings. The van der Waals surface area contributed by atoms with Crippen molar-refractivity contribution in [2.75, 3.05) is 24.7 Å². The van der Waals surface area contributed by atoms with Crippen molar-refractivity contribution in [1.82, 2.24) is 0 Å². The Morgan fingerprint density at radius 1 is 1.46 bits per heavy atom. The molecule has 0 aromatic heterocycles. The van der Waals surface area contributed by atoms with Crippen LogP contribution in [0.1, 0.15) is 26.7 Å². The maximum Gasteiger partial charge on any atom is 0.0888 e. The third kappa shape index (κ3) is 8.40. The first-order valence-corrected chi connectivity index (χ1v) is 6.30. The SMILES string of the molecule is CCCC[S@@](=O)C[C@H](O)COCC. The standard InChI is InChI=1S/C9H20O3S/c1-3-5-6-13(11)8-9(10)7-12-4-2/h9-10H,3-8H2,1-2H3/t9-,13-/m1/s1. The fraction of sp³-hybridized carbons (Fsp3) is 1.00. The number of ether oxygens (including phenoxy) is 1. The summed E-state index contributed by atoms with van der Waals surface area (Å²) in [5.74, 6) is 1.04. The van der Waals surface area contributed by atoms with Gasteiger partial charge in [0.25, 0.3) is 0 Å². The van der Waals surface area contributed by atoms with Crippen LogP contribution in [0.2, 0.25) is 0 Å². The first-order chi connectivity index (χ1) is 6.20. The number of aliphatic hydroxyl groups is 1. The monoisotopic (exact) mass is 208 g/mol. The topological polar surface area (TPSA) is 46.5 Å². The lowest BCUT2D eigenvalue weighted by Crippen LogP contribution is -2.23. The number of rotatable bonds is 8. The number of aliphatic hydroxyl groups excluding tert-OH is 1. The van der Waals surface area contributed by atoms with E-state index in [1.807, 2.05) is 6.92 Å². The third-order valence-electron chi connectivity index (χ3n) is 1.62. The normalized spacial score (nSPS) is 15.6. The van der Waals surface area contributed by atoms with Crippen molar-refractivity contribution in [1.29, 1.82) is 0 Å².